The van der Waals surface area contributed by atoms with Crippen molar-refractivity contribution >= 4 is 62.1 Å². The van der Waals surface area contributed by atoms with Crippen molar-refractivity contribution in [3.05, 3.63) is 211 Å². The monoisotopic (exact) mass is 732 g/mol. The molecule has 0 bridgehead atoms. The van der Waals surface area contributed by atoms with Gasteiger partial charge in [0.1, 0.15) is 11.2 Å². The SMILES string of the molecule is C=NC(=NC(=NCc1ccccc1)c1cccc(-c2ccc(-n3c4ccccc4c4cc(-c5ccc6c(c5)oc5ccccc56)ccc43)cc2)c1)c1ccccc1. The summed E-state index contributed by atoms with van der Waals surface area (Å²) in [4.78, 5) is 14.3. The summed E-state index contributed by atoms with van der Waals surface area (Å²) >= 11 is 0. The first kappa shape index (κ1) is 33.9. The van der Waals surface area contributed by atoms with Gasteiger partial charge in [-0.15, -0.1) is 0 Å². The molecule has 0 spiro atoms. The topological polar surface area (TPSA) is 55.1 Å². The molecule has 8 aromatic carbocycles. The van der Waals surface area contributed by atoms with Crippen LogP contribution >= 0.6 is 0 Å². The molecule has 0 fully saturated rings. The van der Waals surface area contributed by atoms with E-state index in [0.29, 0.717) is 18.2 Å². The molecule has 0 saturated heterocycles. The number of hydrogen-bond acceptors (Lipinski definition) is 2. The molecule has 2 aromatic heterocycles. The Morgan fingerprint density at radius 3 is 1.91 bits per heavy atom. The van der Waals surface area contributed by atoms with Crippen LogP contribution in [0.2, 0.25) is 0 Å². The highest BCUT2D eigenvalue weighted by molar-refractivity contribution is 6.13. The number of aliphatic imine (C=N–C) groups is 3. The van der Waals surface area contributed by atoms with Crippen LogP contribution in [-0.4, -0.2) is 23.0 Å². The van der Waals surface area contributed by atoms with Crippen LogP contribution in [0.5, 0.6) is 0 Å². The first-order chi connectivity index (χ1) is 28.2. The Bertz CT molecular complexity index is 3150. The minimum atomic E-state index is 0.495. The molecule has 5 heteroatoms. The molecule has 0 aliphatic rings. The third-order valence-electron chi connectivity index (χ3n) is 10.6. The number of para-hydroxylation sites is 2. The van der Waals surface area contributed by atoms with E-state index in [1.165, 1.54) is 10.8 Å². The summed E-state index contributed by atoms with van der Waals surface area (Å²) in [5.74, 6) is 1.13. The zero-order chi connectivity index (χ0) is 38.1. The van der Waals surface area contributed by atoms with Gasteiger partial charge in [0.2, 0.25) is 0 Å². The second kappa shape index (κ2) is 14.5. The zero-order valence-electron chi connectivity index (χ0n) is 31.1. The van der Waals surface area contributed by atoms with Gasteiger partial charge in [0.15, 0.2) is 11.7 Å². The molecule has 0 amide bonds. The standard InChI is InChI=1S/C52H36N4O/c1-53-51(37-15-6-3-7-16-37)55-52(54-34-35-13-4-2-5-14-35)41-18-12-17-38(31-41)36-23-27-42(28-24-36)56-47-21-10-8-19-43(47)46-32-39(26-30-48(46)56)40-25-29-45-44-20-9-11-22-49(44)57-50(45)33-40/h2-33H,1,34H2. The summed E-state index contributed by atoms with van der Waals surface area (Å²) in [6.45, 7) is 4.32. The molecule has 0 radical (unpaired) electrons. The van der Waals surface area contributed by atoms with E-state index in [-0.39, 0.29) is 0 Å². The summed E-state index contributed by atoms with van der Waals surface area (Å²) < 4.78 is 8.59. The first-order valence-corrected chi connectivity index (χ1v) is 19.1. The number of aromatic nitrogens is 1. The Morgan fingerprint density at radius 2 is 1.09 bits per heavy atom. The van der Waals surface area contributed by atoms with Crippen LogP contribution < -0.4 is 0 Å². The average molecular weight is 733 g/mol. The van der Waals surface area contributed by atoms with Gasteiger partial charge < -0.3 is 8.98 Å². The van der Waals surface area contributed by atoms with Gasteiger partial charge in [0, 0.05) is 38.4 Å². The second-order valence-corrected chi connectivity index (χ2v) is 14.1. The van der Waals surface area contributed by atoms with Crippen molar-refractivity contribution in [2.45, 2.75) is 6.54 Å². The number of rotatable bonds is 7. The lowest BCUT2D eigenvalue weighted by Gasteiger charge is -2.11. The molecule has 0 N–H and O–H groups in total. The van der Waals surface area contributed by atoms with Crippen LogP contribution in [0.3, 0.4) is 0 Å². The molecule has 270 valence electrons. The van der Waals surface area contributed by atoms with Crippen LogP contribution in [0.1, 0.15) is 16.7 Å². The van der Waals surface area contributed by atoms with Gasteiger partial charge in [0.05, 0.1) is 17.6 Å². The maximum Gasteiger partial charge on any atom is 0.161 e. The number of amidine groups is 2. The Labute approximate surface area is 330 Å². The Hall–Kier alpha value is -7.63. The second-order valence-electron chi connectivity index (χ2n) is 14.1. The lowest BCUT2D eigenvalue weighted by atomic mass is 10.0. The maximum absolute atomic E-state index is 6.24. The van der Waals surface area contributed by atoms with Crippen LogP contribution in [0.25, 0.3) is 71.7 Å². The van der Waals surface area contributed by atoms with Crippen molar-refractivity contribution in [1.29, 1.82) is 0 Å². The van der Waals surface area contributed by atoms with E-state index < -0.39 is 0 Å². The number of hydrogen-bond donors (Lipinski definition) is 0. The highest BCUT2D eigenvalue weighted by Crippen LogP contribution is 2.37. The predicted octanol–water partition coefficient (Wildman–Crippen LogP) is 13.1. The van der Waals surface area contributed by atoms with E-state index >= 15 is 0 Å². The van der Waals surface area contributed by atoms with Gasteiger partial charge in [-0.05, 0) is 89.1 Å². The summed E-state index contributed by atoms with van der Waals surface area (Å²) in [6.07, 6.45) is 0. The van der Waals surface area contributed by atoms with Crippen molar-refractivity contribution in [2.24, 2.45) is 15.0 Å². The normalized spacial score (nSPS) is 12.2. The Kier molecular flexibility index (Phi) is 8.65. The van der Waals surface area contributed by atoms with Crippen LogP contribution in [0.15, 0.2) is 214 Å². The average Bonchev–Trinajstić information content (AvgIpc) is 3.82. The highest BCUT2D eigenvalue weighted by atomic mass is 16.3. The molecule has 0 saturated carbocycles. The smallest absolute Gasteiger partial charge is 0.161 e. The molecule has 0 aliphatic carbocycles. The van der Waals surface area contributed by atoms with E-state index in [1.807, 2.05) is 60.7 Å². The van der Waals surface area contributed by atoms with E-state index in [0.717, 1.165) is 77.6 Å². The number of fused-ring (bicyclic) bond motifs is 6. The first-order valence-electron chi connectivity index (χ1n) is 19.1. The highest BCUT2D eigenvalue weighted by Gasteiger charge is 2.15. The van der Waals surface area contributed by atoms with E-state index in [1.54, 1.807) is 0 Å². The van der Waals surface area contributed by atoms with Gasteiger partial charge >= 0.3 is 0 Å². The van der Waals surface area contributed by atoms with Crippen LogP contribution in [-0.2, 0) is 6.54 Å². The molecular weight excluding hydrogens is 697 g/mol. The minimum absolute atomic E-state index is 0.495. The number of benzene rings is 8. The summed E-state index contributed by atoms with van der Waals surface area (Å²) in [5.41, 5.74) is 12.6. The van der Waals surface area contributed by atoms with Crippen molar-refractivity contribution in [3.63, 3.8) is 0 Å². The number of nitrogens with zero attached hydrogens (tertiary/aromatic N) is 4. The van der Waals surface area contributed by atoms with Crippen LogP contribution in [0, 0.1) is 0 Å². The Morgan fingerprint density at radius 1 is 0.456 bits per heavy atom. The summed E-state index contributed by atoms with van der Waals surface area (Å²) in [6, 6.07) is 67.4. The van der Waals surface area contributed by atoms with Crippen molar-refractivity contribution < 1.29 is 4.42 Å². The van der Waals surface area contributed by atoms with E-state index in [2.05, 4.69) is 150 Å². The lowest BCUT2D eigenvalue weighted by molar-refractivity contribution is 0.669. The maximum atomic E-state index is 6.24. The molecule has 5 nitrogen and oxygen atoms in total. The van der Waals surface area contributed by atoms with Gasteiger partial charge in [-0.1, -0.05) is 140 Å². The van der Waals surface area contributed by atoms with Gasteiger partial charge in [-0.25, -0.2) is 9.98 Å². The quantitative estimate of drug-likeness (QED) is 0.119. The zero-order valence-corrected chi connectivity index (χ0v) is 31.1. The summed E-state index contributed by atoms with van der Waals surface area (Å²) in [7, 11) is 0. The van der Waals surface area contributed by atoms with E-state index in [4.69, 9.17) is 14.4 Å². The van der Waals surface area contributed by atoms with Crippen molar-refractivity contribution in [1.82, 2.24) is 4.57 Å². The lowest BCUT2D eigenvalue weighted by Crippen LogP contribution is -2.05. The minimum Gasteiger partial charge on any atom is -0.456 e. The van der Waals surface area contributed by atoms with Gasteiger partial charge in [0.25, 0.3) is 0 Å². The number of furan rings is 1. The molecule has 0 aliphatic heterocycles. The Balaban J connectivity index is 1.00. The summed E-state index contributed by atoms with van der Waals surface area (Å²) in [5, 5.41) is 4.69. The fourth-order valence-electron chi connectivity index (χ4n) is 7.80. The molecule has 0 atom stereocenters. The van der Waals surface area contributed by atoms with Crippen molar-refractivity contribution in [2.75, 3.05) is 0 Å². The fraction of sp³-hybridized carbons (Fsp3) is 0.0192. The van der Waals surface area contributed by atoms with Crippen molar-refractivity contribution in [3.8, 4) is 27.9 Å². The molecule has 57 heavy (non-hydrogen) atoms. The van der Waals surface area contributed by atoms with Gasteiger partial charge in [-0.2, -0.15) is 0 Å². The molecule has 10 rings (SSSR count). The predicted molar refractivity (Wildman–Crippen MR) is 238 cm³/mol. The molecule has 10 aromatic rings. The largest absolute Gasteiger partial charge is 0.456 e. The third kappa shape index (κ3) is 6.41. The van der Waals surface area contributed by atoms with Crippen LogP contribution in [0.4, 0.5) is 0 Å². The third-order valence-corrected chi connectivity index (χ3v) is 10.6. The molecule has 2 heterocycles. The van der Waals surface area contributed by atoms with Gasteiger partial charge in [-0.3, -0.25) is 4.99 Å². The molecule has 0 unspecified atom stereocenters. The fourth-order valence-corrected chi connectivity index (χ4v) is 7.80. The van der Waals surface area contributed by atoms with E-state index in [9.17, 15) is 0 Å². The molecular formula is C52H36N4O.